The molecule has 1 rings (SSSR count). The van der Waals surface area contributed by atoms with Gasteiger partial charge in [-0.15, -0.1) is 0 Å². The zero-order chi connectivity index (χ0) is 13.8. The molecule has 0 amide bonds. The molecule has 2 heteroatoms. The van der Waals surface area contributed by atoms with Gasteiger partial charge in [0.1, 0.15) is 0 Å². The van der Waals surface area contributed by atoms with E-state index in [2.05, 4.69) is 39.6 Å². The highest BCUT2D eigenvalue weighted by Crippen LogP contribution is 2.39. The van der Waals surface area contributed by atoms with E-state index in [0.29, 0.717) is 11.5 Å². The standard InChI is InChI=1S/C16H34N2/c1-13(2)10-15(4)18(5)12-16(11-17)8-6-14(3)7-9-16/h13-15H,6-12,17H2,1-5H3. The topological polar surface area (TPSA) is 29.3 Å². The van der Waals surface area contributed by atoms with Gasteiger partial charge in [-0.25, -0.2) is 0 Å². The minimum Gasteiger partial charge on any atom is -0.330 e. The van der Waals surface area contributed by atoms with Crippen molar-refractivity contribution in [1.82, 2.24) is 4.90 Å². The van der Waals surface area contributed by atoms with Crippen LogP contribution in [0.1, 0.15) is 59.8 Å². The highest BCUT2D eigenvalue weighted by molar-refractivity contribution is 4.88. The summed E-state index contributed by atoms with van der Waals surface area (Å²) in [5.41, 5.74) is 6.50. The molecule has 0 aromatic rings. The molecule has 0 radical (unpaired) electrons. The lowest BCUT2D eigenvalue weighted by atomic mass is 9.70. The lowest BCUT2D eigenvalue weighted by molar-refractivity contribution is 0.0847. The largest absolute Gasteiger partial charge is 0.330 e. The van der Waals surface area contributed by atoms with Gasteiger partial charge in [0, 0.05) is 12.6 Å². The maximum absolute atomic E-state index is 6.11. The van der Waals surface area contributed by atoms with Crippen molar-refractivity contribution in [2.45, 2.75) is 65.8 Å². The van der Waals surface area contributed by atoms with Gasteiger partial charge in [-0.2, -0.15) is 0 Å². The molecular weight excluding hydrogens is 220 g/mol. The summed E-state index contributed by atoms with van der Waals surface area (Å²) in [6.07, 6.45) is 6.66. The molecule has 1 saturated carbocycles. The zero-order valence-corrected chi connectivity index (χ0v) is 13.2. The van der Waals surface area contributed by atoms with E-state index in [1.54, 1.807) is 0 Å². The second-order valence-electron chi connectivity index (χ2n) is 7.28. The average Bonchev–Trinajstić information content (AvgIpc) is 2.31. The first kappa shape index (κ1) is 16.0. The zero-order valence-electron chi connectivity index (χ0n) is 13.2. The second-order valence-corrected chi connectivity index (χ2v) is 7.28. The molecule has 108 valence electrons. The Kier molecular flexibility index (Phi) is 6.13. The predicted octanol–water partition coefficient (Wildman–Crippen LogP) is 3.51. The number of hydrogen-bond donors (Lipinski definition) is 1. The fourth-order valence-electron chi connectivity index (χ4n) is 3.35. The summed E-state index contributed by atoms with van der Waals surface area (Å²) in [6, 6.07) is 0.674. The molecule has 0 aromatic carbocycles. The molecular formula is C16H34N2. The quantitative estimate of drug-likeness (QED) is 0.786. The fourth-order valence-corrected chi connectivity index (χ4v) is 3.35. The predicted molar refractivity (Wildman–Crippen MR) is 80.7 cm³/mol. The molecule has 0 aromatic heterocycles. The van der Waals surface area contributed by atoms with Crippen LogP contribution >= 0.6 is 0 Å². The van der Waals surface area contributed by atoms with E-state index in [1.807, 2.05) is 0 Å². The Balaban J connectivity index is 2.51. The van der Waals surface area contributed by atoms with Gasteiger partial charge in [-0.3, -0.25) is 0 Å². The van der Waals surface area contributed by atoms with Crippen molar-refractivity contribution in [1.29, 1.82) is 0 Å². The first-order valence-corrected chi connectivity index (χ1v) is 7.79. The van der Waals surface area contributed by atoms with E-state index >= 15 is 0 Å². The van der Waals surface area contributed by atoms with Crippen LogP contribution in [0.2, 0.25) is 0 Å². The van der Waals surface area contributed by atoms with E-state index in [1.165, 1.54) is 38.6 Å². The van der Waals surface area contributed by atoms with Crippen molar-refractivity contribution in [3.05, 3.63) is 0 Å². The van der Waals surface area contributed by atoms with Crippen LogP contribution in [-0.2, 0) is 0 Å². The van der Waals surface area contributed by atoms with Crippen LogP contribution in [0.15, 0.2) is 0 Å². The van der Waals surface area contributed by atoms with Gasteiger partial charge in [0.05, 0.1) is 0 Å². The Hall–Kier alpha value is -0.0800. The number of rotatable bonds is 6. The third-order valence-corrected chi connectivity index (χ3v) is 4.92. The van der Waals surface area contributed by atoms with Gasteiger partial charge in [-0.05, 0) is 57.0 Å². The molecule has 0 bridgehead atoms. The molecule has 0 aliphatic heterocycles. The van der Waals surface area contributed by atoms with Gasteiger partial charge in [0.2, 0.25) is 0 Å². The lowest BCUT2D eigenvalue weighted by Gasteiger charge is -2.43. The summed E-state index contributed by atoms with van der Waals surface area (Å²) in [4.78, 5) is 2.54. The maximum Gasteiger partial charge on any atom is 0.00665 e. The maximum atomic E-state index is 6.11. The van der Waals surface area contributed by atoms with Crippen molar-refractivity contribution < 1.29 is 0 Å². The van der Waals surface area contributed by atoms with E-state index in [4.69, 9.17) is 5.73 Å². The van der Waals surface area contributed by atoms with Crippen LogP contribution < -0.4 is 5.73 Å². The fraction of sp³-hybridized carbons (Fsp3) is 1.00. The van der Waals surface area contributed by atoms with E-state index in [0.717, 1.165) is 18.4 Å². The highest BCUT2D eigenvalue weighted by Gasteiger charge is 2.34. The van der Waals surface area contributed by atoms with Crippen LogP contribution in [0.25, 0.3) is 0 Å². The first-order chi connectivity index (χ1) is 8.38. The van der Waals surface area contributed by atoms with Gasteiger partial charge < -0.3 is 10.6 Å². The molecule has 1 fully saturated rings. The Bertz CT molecular complexity index is 229. The minimum absolute atomic E-state index is 0.395. The molecule has 1 unspecified atom stereocenters. The summed E-state index contributed by atoms with van der Waals surface area (Å²) in [7, 11) is 2.28. The van der Waals surface area contributed by atoms with Crippen LogP contribution in [0.4, 0.5) is 0 Å². The van der Waals surface area contributed by atoms with Gasteiger partial charge in [0.15, 0.2) is 0 Å². The molecule has 2 N–H and O–H groups in total. The van der Waals surface area contributed by atoms with Crippen LogP contribution in [-0.4, -0.2) is 31.1 Å². The molecule has 1 aliphatic rings. The summed E-state index contributed by atoms with van der Waals surface area (Å²) < 4.78 is 0. The Morgan fingerprint density at radius 1 is 1.22 bits per heavy atom. The van der Waals surface area contributed by atoms with Crippen molar-refractivity contribution >= 4 is 0 Å². The third-order valence-electron chi connectivity index (χ3n) is 4.92. The molecule has 0 saturated heterocycles. The van der Waals surface area contributed by atoms with Gasteiger partial charge in [0.25, 0.3) is 0 Å². The van der Waals surface area contributed by atoms with Gasteiger partial charge >= 0.3 is 0 Å². The highest BCUT2D eigenvalue weighted by atomic mass is 15.1. The summed E-state index contributed by atoms with van der Waals surface area (Å²) >= 11 is 0. The van der Waals surface area contributed by atoms with Crippen LogP contribution in [0.5, 0.6) is 0 Å². The SMILES string of the molecule is CC(C)CC(C)N(C)CC1(CN)CCC(C)CC1. The van der Waals surface area contributed by atoms with E-state index < -0.39 is 0 Å². The van der Waals surface area contributed by atoms with Crippen molar-refractivity contribution in [2.75, 3.05) is 20.1 Å². The van der Waals surface area contributed by atoms with Crippen molar-refractivity contribution in [2.24, 2.45) is 23.0 Å². The van der Waals surface area contributed by atoms with Gasteiger partial charge in [-0.1, -0.05) is 33.6 Å². The summed E-state index contributed by atoms with van der Waals surface area (Å²) in [5, 5.41) is 0. The summed E-state index contributed by atoms with van der Waals surface area (Å²) in [5.74, 6) is 1.69. The minimum atomic E-state index is 0.395. The number of hydrogen-bond acceptors (Lipinski definition) is 2. The van der Waals surface area contributed by atoms with E-state index in [9.17, 15) is 0 Å². The Morgan fingerprint density at radius 3 is 2.22 bits per heavy atom. The number of nitrogens with two attached hydrogens (primary N) is 1. The molecule has 18 heavy (non-hydrogen) atoms. The van der Waals surface area contributed by atoms with Crippen molar-refractivity contribution in [3.8, 4) is 0 Å². The third kappa shape index (κ3) is 4.55. The normalized spacial score (nSPS) is 31.0. The molecule has 1 atom stereocenters. The average molecular weight is 254 g/mol. The first-order valence-electron chi connectivity index (χ1n) is 7.79. The van der Waals surface area contributed by atoms with E-state index in [-0.39, 0.29) is 0 Å². The lowest BCUT2D eigenvalue weighted by Crippen LogP contribution is -2.46. The van der Waals surface area contributed by atoms with Crippen molar-refractivity contribution in [3.63, 3.8) is 0 Å². The smallest absolute Gasteiger partial charge is 0.00665 e. The Labute approximate surface area is 114 Å². The second kappa shape index (κ2) is 6.91. The van der Waals surface area contributed by atoms with Crippen LogP contribution in [0, 0.1) is 17.3 Å². The number of nitrogens with zero attached hydrogens (tertiary/aromatic N) is 1. The van der Waals surface area contributed by atoms with Crippen LogP contribution in [0.3, 0.4) is 0 Å². The Morgan fingerprint density at radius 2 is 1.78 bits per heavy atom. The molecule has 0 heterocycles. The summed E-state index contributed by atoms with van der Waals surface area (Å²) in [6.45, 7) is 11.4. The molecule has 2 nitrogen and oxygen atoms in total. The molecule has 0 spiro atoms. The molecule has 1 aliphatic carbocycles. The monoisotopic (exact) mass is 254 g/mol.